The smallest absolute Gasteiger partial charge is 0.270 e. The highest BCUT2D eigenvalue weighted by atomic mass is 16.6. The second kappa shape index (κ2) is 3.53. The van der Waals surface area contributed by atoms with Crippen molar-refractivity contribution in [1.29, 1.82) is 0 Å². The van der Waals surface area contributed by atoms with Gasteiger partial charge >= 0.3 is 0 Å². The molecular weight excluding hydrogens is 204 g/mol. The van der Waals surface area contributed by atoms with Gasteiger partial charge in [-0.2, -0.15) is 0 Å². The van der Waals surface area contributed by atoms with Crippen molar-refractivity contribution in [2.75, 3.05) is 5.73 Å². The molecule has 0 amide bonds. The van der Waals surface area contributed by atoms with Crippen molar-refractivity contribution in [3.8, 4) is 11.8 Å². The molecule has 1 fully saturated rings. The number of nitro benzene ring substituents is 1. The third-order valence-corrected chi connectivity index (χ3v) is 2.75. The number of hydrogen-bond donors (Lipinski definition) is 1. The Balaban J connectivity index is 2.34. The third-order valence-electron chi connectivity index (χ3n) is 2.75. The van der Waals surface area contributed by atoms with Crippen LogP contribution in [0.2, 0.25) is 0 Å². The molecule has 0 aliphatic heterocycles. The van der Waals surface area contributed by atoms with E-state index in [9.17, 15) is 10.1 Å². The summed E-state index contributed by atoms with van der Waals surface area (Å²) in [4.78, 5) is 10.2. The molecule has 1 aliphatic rings. The van der Waals surface area contributed by atoms with Crippen LogP contribution in [0.1, 0.15) is 25.3 Å². The largest absolute Gasteiger partial charge is 0.398 e. The molecule has 4 nitrogen and oxygen atoms in total. The summed E-state index contributed by atoms with van der Waals surface area (Å²) in [7, 11) is 0. The van der Waals surface area contributed by atoms with Gasteiger partial charge in [-0.15, -0.1) is 0 Å². The Bertz CT molecular complexity index is 507. The van der Waals surface area contributed by atoms with Gasteiger partial charge in [0.2, 0.25) is 0 Å². The predicted octanol–water partition coefficient (Wildman–Crippen LogP) is 2.33. The number of anilines is 1. The summed E-state index contributed by atoms with van der Waals surface area (Å²) in [5.41, 5.74) is 6.87. The molecule has 1 aromatic carbocycles. The van der Waals surface area contributed by atoms with Crippen LogP contribution in [-0.2, 0) is 0 Å². The summed E-state index contributed by atoms with van der Waals surface area (Å²) >= 11 is 0. The van der Waals surface area contributed by atoms with Crippen LogP contribution in [0.5, 0.6) is 0 Å². The molecule has 2 rings (SSSR count). The number of benzene rings is 1. The van der Waals surface area contributed by atoms with Gasteiger partial charge in [-0.3, -0.25) is 10.1 Å². The molecule has 16 heavy (non-hydrogen) atoms. The van der Waals surface area contributed by atoms with E-state index in [4.69, 9.17) is 5.73 Å². The average Bonchev–Trinajstić information content (AvgIpc) is 2.95. The second-order valence-electron chi connectivity index (χ2n) is 4.34. The number of nitrogens with two attached hydrogens (primary N) is 1. The molecule has 0 atom stereocenters. The summed E-state index contributed by atoms with van der Waals surface area (Å²) in [6.45, 7) is 2.08. The Kier molecular flexibility index (Phi) is 2.31. The van der Waals surface area contributed by atoms with Gasteiger partial charge in [-0.25, -0.2) is 0 Å². The minimum Gasteiger partial charge on any atom is -0.398 e. The molecule has 0 saturated heterocycles. The molecular formula is C12H12N2O2. The number of non-ortho nitro benzene ring substituents is 1. The summed E-state index contributed by atoms with van der Waals surface area (Å²) in [6, 6.07) is 4.34. The fourth-order valence-corrected chi connectivity index (χ4v) is 1.30. The van der Waals surface area contributed by atoms with Crippen molar-refractivity contribution < 1.29 is 4.92 Å². The van der Waals surface area contributed by atoms with Crippen LogP contribution in [0.4, 0.5) is 11.4 Å². The van der Waals surface area contributed by atoms with E-state index < -0.39 is 4.92 Å². The summed E-state index contributed by atoms with van der Waals surface area (Å²) in [5, 5.41) is 10.6. The first-order chi connectivity index (χ1) is 7.50. The molecule has 82 valence electrons. The molecule has 4 heteroatoms. The van der Waals surface area contributed by atoms with E-state index in [0.717, 1.165) is 12.8 Å². The SMILES string of the molecule is CC1(C#Cc2cc([N+](=O)[O-])ccc2N)CC1. The van der Waals surface area contributed by atoms with Crippen LogP contribution in [0.15, 0.2) is 18.2 Å². The Labute approximate surface area is 93.6 Å². The Morgan fingerprint density at radius 3 is 2.75 bits per heavy atom. The maximum absolute atomic E-state index is 10.6. The Hall–Kier alpha value is -2.02. The maximum atomic E-state index is 10.6. The lowest BCUT2D eigenvalue weighted by molar-refractivity contribution is -0.384. The van der Waals surface area contributed by atoms with E-state index in [1.54, 1.807) is 0 Å². The van der Waals surface area contributed by atoms with Crippen molar-refractivity contribution in [3.05, 3.63) is 33.9 Å². The lowest BCUT2D eigenvalue weighted by Gasteiger charge is -1.98. The van der Waals surface area contributed by atoms with Crippen molar-refractivity contribution in [3.63, 3.8) is 0 Å². The fraction of sp³-hybridized carbons (Fsp3) is 0.333. The quantitative estimate of drug-likeness (QED) is 0.339. The highest BCUT2D eigenvalue weighted by molar-refractivity contribution is 5.60. The van der Waals surface area contributed by atoms with Crippen LogP contribution in [-0.4, -0.2) is 4.92 Å². The first-order valence-corrected chi connectivity index (χ1v) is 5.07. The summed E-state index contributed by atoms with van der Waals surface area (Å²) in [5.74, 6) is 6.03. The van der Waals surface area contributed by atoms with E-state index in [1.807, 2.05) is 0 Å². The zero-order chi connectivity index (χ0) is 11.8. The number of nitrogens with zero attached hydrogens (tertiary/aromatic N) is 1. The zero-order valence-electron chi connectivity index (χ0n) is 8.99. The van der Waals surface area contributed by atoms with E-state index in [2.05, 4.69) is 18.8 Å². The van der Waals surface area contributed by atoms with Gasteiger partial charge in [0.1, 0.15) is 0 Å². The third kappa shape index (κ3) is 2.14. The van der Waals surface area contributed by atoms with Gasteiger partial charge in [-0.1, -0.05) is 11.8 Å². The van der Waals surface area contributed by atoms with Crippen LogP contribution in [0.3, 0.4) is 0 Å². The van der Waals surface area contributed by atoms with Gasteiger partial charge in [0.05, 0.1) is 10.5 Å². The molecule has 0 heterocycles. The van der Waals surface area contributed by atoms with E-state index in [1.165, 1.54) is 18.2 Å². The van der Waals surface area contributed by atoms with Crippen molar-refractivity contribution in [2.24, 2.45) is 5.41 Å². The van der Waals surface area contributed by atoms with Gasteiger partial charge in [0.15, 0.2) is 0 Å². The molecule has 1 aromatic rings. The predicted molar refractivity (Wildman–Crippen MR) is 61.7 cm³/mol. The number of rotatable bonds is 1. The van der Waals surface area contributed by atoms with Crippen LogP contribution in [0, 0.1) is 27.4 Å². The lowest BCUT2D eigenvalue weighted by Crippen LogP contribution is -1.94. The minimum absolute atomic E-state index is 0.0273. The van der Waals surface area contributed by atoms with E-state index in [-0.39, 0.29) is 11.1 Å². The first kappa shape index (κ1) is 10.5. The molecule has 0 spiro atoms. The Morgan fingerprint density at radius 1 is 1.50 bits per heavy atom. The maximum Gasteiger partial charge on any atom is 0.270 e. The molecule has 0 bridgehead atoms. The van der Waals surface area contributed by atoms with Gasteiger partial charge in [-0.05, 0) is 25.8 Å². The van der Waals surface area contributed by atoms with E-state index in [0.29, 0.717) is 11.3 Å². The first-order valence-electron chi connectivity index (χ1n) is 5.07. The van der Waals surface area contributed by atoms with Gasteiger partial charge in [0.25, 0.3) is 5.69 Å². The fourth-order valence-electron chi connectivity index (χ4n) is 1.30. The summed E-state index contributed by atoms with van der Waals surface area (Å²) in [6.07, 6.45) is 2.18. The minimum atomic E-state index is -0.441. The molecule has 2 N–H and O–H groups in total. The average molecular weight is 216 g/mol. The van der Waals surface area contributed by atoms with Crippen molar-refractivity contribution >= 4 is 11.4 Å². The highest BCUT2D eigenvalue weighted by Crippen LogP contribution is 2.44. The lowest BCUT2D eigenvalue weighted by atomic mass is 10.1. The summed E-state index contributed by atoms with van der Waals surface area (Å²) < 4.78 is 0. The second-order valence-corrected chi connectivity index (χ2v) is 4.34. The van der Waals surface area contributed by atoms with E-state index >= 15 is 0 Å². The zero-order valence-corrected chi connectivity index (χ0v) is 8.99. The monoisotopic (exact) mass is 216 g/mol. The molecule has 0 radical (unpaired) electrons. The van der Waals surface area contributed by atoms with Crippen molar-refractivity contribution in [1.82, 2.24) is 0 Å². The molecule has 1 saturated carbocycles. The number of nitro groups is 1. The number of nitrogen functional groups attached to an aromatic ring is 1. The topological polar surface area (TPSA) is 69.2 Å². The van der Waals surface area contributed by atoms with Crippen LogP contribution >= 0.6 is 0 Å². The molecule has 0 unspecified atom stereocenters. The van der Waals surface area contributed by atoms with Crippen molar-refractivity contribution in [2.45, 2.75) is 19.8 Å². The standard InChI is InChI=1S/C12H12N2O2/c1-12(6-7-12)5-4-9-8-10(14(15)16)2-3-11(9)13/h2-3,8H,6-7,13H2,1H3. The molecule has 1 aliphatic carbocycles. The Morgan fingerprint density at radius 2 is 2.19 bits per heavy atom. The van der Waals surface area contributed by atoms with Crippen LogP contribution in [0.25, 0.3) is 0 Å². The molecule has 0 aromatic heterocycles. The van der Waals surface area contributed by atoms with Gasteiger partial charge in [0, 0.05) is 23.2 Å². The normalized spacial score (nSPS) is 16.1. The van der Waals surface area contributed by atoms with Crippen LogP contribution < -0.4 is 5.73 Å². The van der Waals surface area contributed by atoms with Gasteiger partial charge < -0.3 is 5.73 Å². The number of hydrogen-bond acceptors (Lipinski definition) is 3. The highest BCUT2D eigenvalue weighted by Gasteiger charge is 2.35.